The number of ether oxygens (including phenoxy) is 2. The smallest absolute Gasteiger partial charge is 0.273 e. The van der Waals surface area contributed by atoms with Crippen molar-refractivity contribution >= 4 is 11.8 Å². The van der Waals surface area contributed by atoms with E-state index in [0.717, 1.165) is 10.4 Å². The number of hydrogen-bond donors (Lipinski definition) is 2. The minimum Gasteiger partial charge on any atom is -0.497 e. The normalized spacial score (nSPS) is 10.2. The molecule has 0 spiro atoms. The molecule has 3 aromatic rings. The summed E-state index contributed by atoms with van der Waals surface area (Å²) in [6.07, 6.45) is 0. The number of carbonyl (C=O) groups excluding carboxylic acids is 2. The fourth-order valence-corrected chi connectivity index (χ4v) is 2.36. The van der Waals surface area contributed by atoms with Gasteiger partial charge in [-0.05, 0) is 17.3 Å². The molecule has 1 heterocycles. The molecule has 10 nitrogen and oxygen atoms in total. The first-order chi connectivity index (χ1) is 13.6. The Labute approximate surface area is 160 Å². The van der Waals surface area contributed by atoms with Crippen LogP contribution in [0.5, 0.6) is 11.5 Å². The molecule has 0 aliphatic rings. The van der Waals surface area contributed by atoms with Crippen LogP contribution < -0.4 is 20.3 Å². The summed E-state index contributed by atoms with van der Waals surface area (Å²) in [5.74, 6) is 0.211. The summed E-state index contributed by atoms with van der Waals surface area (Å²) in [5.41, 5.74) is 5.66. The number of nitrogens with one attached hydrogen (secondary N) is 2. The maximum absolute atomic E-state index is 12.3. The first-order valence-electron chi connectivity index (χ1n) is 8.25. The number of tetrazole rings is 1. The summed E-state index contributed by atoms with van der Waals surface area (Å²) < 4.78 is 10.3. The van der Waals surface area contributed by atoms with Gasteiger partial charge >= 0.3 is 0 Å². The Hall–Kier alpha value is -3.95. The van der Waals surface area contributed by atoms with Crippen molar-refractivity contribution in [1.82, 2.24) is 31.1 Å². The van der Waals surface area contributed by atoms with Gasteiger partial charge in [0.15, 0.2) is 0 Å². The van der Waals surface area contributed by atoms with Crippen LogP contribution >= 0.6 is 0 Å². The van der Waals surface area contributed by atoms with Crippen LogP contribution in [0.4, 0.5) is 0 Å². The van der Waals surface area contributed by atoms with Crippen LogP contribution in [0.2, 0.25) is 0 Å². The molecular weight excluding hydrogens is 364 g/mol. The second-order valence-corrected chi connectivity index (χ2v) is 5.58. The zero-order valence-electron chi connectivity index (χ0n) is 15.2. The average Bonchev–Trinajstić information content (AvgIpc) is 3.20. The maximum Gasteiger partial charge on any atom is 0.273 e. The summed E-state index contributed by atoms with van der Waals surface area (Å²) in [5, 5.41) is 11.9. The lowest BCUT2D eigenvalue weighted by Gasteiger charge is -2.11. The maximum atomic E-state index is 12.3. The monoisotopic (exact) mass is 382 g/mol. The van der Waals surface area contributed by atoms with E-state index in [1.807, 2.05) is 30.3 Å². The number of carbonyl (C=O) groups is 2. The van der Waals surface area contributed by atoms with Gasteiger partial charge in [0.2, 0.25) is 5.82 Å². The SMILES string of the molecule is COc1ccc(C(=O)NNC(=O)Cn2nnc(-c3ccccc3)n2)c(OC)c1. The van der Waals surface area contributed by atoms with Crippen LogP contribution in [0.1, 0.15) is 10.4 Å². The van der Waals surface area contributed by atoms with Gasteiger partial charge in [-0.1, -0.05) is 30.3 Å². The summed E-state index contributed by atoms with van der Waals surface area (Å²) in [6, 6.07) is 14.0. The topological polar surface area (TPSA) is 120 Å². The van der Waals surface area contributed by atoms with E-state index in [1.165, 1.54) is 20.3 Å². The highest BCUT2D eigenvalue weighted by Crippen LogP contribution is 2.24. The second kappa shape index (κ2) is 8.62. The molecule has 0 saturated carbocycles. The van der Waals surface area contributed by atoms with Crippen molar-refractivity contribution < 1.29 is 19.1 Å². The van der Waals surface area contributed by atoms with Gasteiger partial charge in [0.25, 0.3) is 11.8 Å². The van der Waals surface area contributed by atoms with Gasteiger partial charge in [0, 0.05) is 11.6 Å². The third kappa shape index (κ3) is 4.41. The standard InChI is InChI=1S/C18H18N6O4/c1-27-13-8-9-14(15(10-13)28-2)18(26)21-19-16(25)11-24-22-17(20-23-24)12-6-4-3-5-7-12/h3-10H,11H2,1-2H3,(H,19,25)(H,21,26). The Morgan fingerprint density at radius 1 is 1.04 bits per heavy atom. The van der Waals surface area contributed by atoms with Crippen molar-refractivity contribution in [3.05, 3.63) is 54.1 Å². The number of aromatic nitrogens is 4. The Kier molecular flexibility index (Phi) is 5.80. The molecule has 1 aromatic heterocycles. The fraction of sp³-hybridized carbons (Fsp3) is 0.167. The molecule has 0 bridgehead atoms. The number of methoxy groups -OCH3 is 2. The van der Waals surface area contributed by atoms with Crippen molar-refractivity contribution in [3.63, 3.8) is 0 Å². The van der Waals surface area contributed by atoms with Gasteiger partial charge in [0.1, 0.15) is 18.0 Å². The Morgan fingerprint density at radius 2 is 1.82 bits per heavy atom. The van der Waals surface area contributed by atoms with Crippen LogP contribution in [-0.2, 0) is 11.3 Å². The lowest BCUT2D eigenvalue weighted by Crippen LogP contribution is -2.43. The van der Waals surface area contributed by atoms with E-state index in [0.29, 0.717) is 17.3 Å². The molecular formula is C18H18N6O4. The molecule has 2 N–H and O–H groups in total. The molecule has 3 rings (SSSR count). The van der Waals surface area contributed by atoms with Crippen LogP contribution in [0.25, 0.3) is 11.4 Å². The predicted molar refractivity (Wildman–Crippen MR) is 98.4 cm³/mol. The van der Waals surface area contributed by atoms with Crippen LogP contribution in [0.15, 0.2) is 48.5 Å². The van der Waals surface area contributed by atoms with Crippen molar-refractivity contribution in [3.8, 4) is 22.9 Å². The number of amides is 2. The highest BCUT2D eigenvalue weighted by atomic mass is 16.5. The number of rotatable bonds is 6. The molecule has 0 radical (unpaired) electrons. The minimum absolute atomic E-state index is 0.208. The lowest BCUT2D eigenvalue weighted by atomic mass is 10.2. The fourth-order valence-electron chi connectivity index (χ4n) is 2.36. The van der Waals surface area contributed by atoms with Gasteiger partial charge in [0.05, 0.1) is 19.8 Å². The highest BCUT2D eigenvalue weighted by molar-refractivity contribution is 5.98. The molecule has 0 aliphatic carbocycles. The molecule has 0 aliphatic heterocycles. The predicted octanol–water partition coefficient (Wildman–Crippen LogP) is 0.818. The quantitative estimate of drug-likeness (QED) is 0.606. The molecule has 0 fully saturated rings. The molecule has 28 heavy (non-hydrogen) atoms. The summed E-state index contributed by atoms with van der Waals surface area (Å²) in [4.78, 5) is 25.5. The van der Waals surface area contributed by atoms with Gasteiger partial charge in [-0.2, -0.15) is 4.80 Å². The van der Waals surface area contributed by atoms with Crippen LogP contribution in [0.3, 0.4) is 0 Å². The Balaban J connectivity index is 1.57. The largest absolute Gasteiger partial charge is 0.497 e. The van der Waals surface area contributed by atoms with Gasteiger partial charge < -0.3 is 9.47 Å². The van der Waals surface area contributed by atoms with Gasteiger partial charge in [-0.15, -0.1) is 10.2 Å². The first kappa shape index (κ1) is 18.8. The zero-order valence-corrected chi connectivity index (χ0v) is 15.2. The van der Waals surface area contributed by atoms with E-state index in [2.05, 4.69) is 26.3 Å². The molecule has 0 saturated heterocycles. The summed E-state index contributed by atoms with van der Waals surface area (Å²) in [6.45, 7) is -0.208. The van der Waals surface area contributed by atoms with Crippen molar-refractivity contribution in [2.75, 3.05) is 14.2 Å². The van der Waals surface area contributed by atoms with E-state index in [4.69, 9.17) is 9.47 Å². The molecule has 10 heteroatoms. The van der Waals surface area contributed by atoms with Gasteiger partial charge in [-0.3, -0.25) is 20.4 Å². The summed E-state index contributed by atoms with van der Waals surface area (Å²) in [7, 11) is 2.95. The summed E-state index contributed by atoms with van der Waals surface area (Å²) >= 11 is 0. The van der Waals surface area contributed by atoms with E-state index in [-0.39, 0.29) is 12.1 Å². The number of nitrogens with zero attached hydrogens (tertiary/aromatic N) is 4. The third-order valence-electron chi connectivity index (χ3n) is 3.74. The Morgan fingerprint density at radius 3 is 2.54 bits per heavy atom. The average molecular weight is 382 g/mol. The van der Waals surface area contributed by atoms with Crippen molar-refractivity contribution in [1.29, 1.82) is 0 Å². The van der Waals surface area contributed by atoms with Crippen LogP contribution in [0, 0.1) is 0 Å². The number of benzene rings is 2. The molecule has 0 atom stereocenters. The lowest BCUT2D eigenvalue weighted by molar-refractivity contribution is -0.122. The van der Waals surface area contributed by atoms with Gasteiger partial charge in [-0.25, -0.2) is 0 Å². The molecule has 144 valence electrons. The van der Waals surface area contributed by atoms with Crippen LogP contribution in [-0.4, -0.2) is 46.2 Å². The number of hydrazine groups is 1. The van der Waals surface area contributed by atoms with E-state index in [9.17, 15) is 9.59 Å². The van der Waals surface area contributed by atoms with E-state index in [1.54, 1.807) is 12.1 Å². The molecule has 2 amide bonds. The highest BCUT2D eigenvalue weighted by Gasteiger charge is 2.15. The van der Waals surface area contributed by atoms with Crippen molar-refractivity contribution in [2.24, 2.45) is 0 Å². The number of hydrogen-bond acceptors (Lipinski definition) is 7. The minimum atomic E-state index is -0.538. The zero-order chi connectivity index (χ0) is 19.9. The second-order valence-electron chi connectivity index (χ2n) is 5.58. The first-order valence-corrected chi connectivity index (χ1v) is 8.25. The third-order valence-corrected chi connectivity index (χ3v) is 3.74. The molecule has 0 unspecified atom stereocenters. The van der Waals surface area contributed by atoms with E-state index >= 15 is 0 Å². The molecule has 2 aromatic carbocycles. The van der Waals surface area contributed by atoms with Crippen molar-refractivity contribution in [2.45, 2.75) is 6.54 Å². The Bertz CT molecular complexity index is 973. The van der Waals surface area contributed by atoms with E-state index < -0.39 is 11.8 Å².